The number of anilines is 1. The van der Waals surface area contributed by atoms with E-state index < -0.39 is 5.97 Å². The van der Waals surface area contributed by atoms with Gasteiger partial charge in [0.15, 0.2) is 0 Å². The van der Waals surface area contributed by atoms with Gasteiger partial charge in [0.1, 0.15) is 11.4 Å². The third kappa shape index (κ3) is 2.39. The molecule has 2 N–H and O–H groups in total. The molecule has 3 aliphatic rings. The molecule has 0 bridgehead atoms. The zero-order chi connectivity index (χ0) is 14.4. The Kier molecular flexibility index (Phi) is 3.10. The van der Waals surface area contributed by atoms with Crippen LogP contribution < -0.4 is 5.32 Å². The number of rotatable bonds is 4. The van der Waals surface area contributed by atoms with Crippen LogP contribution >= 0.6 is 0 Å². The molecule has 0 spiro atoms. The van der Waals surface area contributed by atoms with E-state index in [4.69, 9.17) is 4.74 Å². The van der Waals surface area contributed by atoms with Gasteiger partial charge in [0.25, 0.3) is 0 Å². The molecule has 1 aliphatic heterocycles. The zero-order valence-electron chi connectivity index (χ0n) is 12.0. The first kappa shape index (κ1) is 13.1. The molecule has 5 heteroatoms. The van der Waals surface area contributed by atoms with E-state index in [1.54, 1.807) is 0 Å². The molecule has 2 aliphatic carbocycles. The number of aromatic carboxylic acids is 1. The fourth-order valence-corrected chi connectivity index (χ4v) is 3.58. The summed E-state index contributed by atoms with van der Waals surface area (Å²) in [5, 5.41) is 12.8. The summed E-state index contributed by atoms with van der Waals surface area (Å²) >= 11 is 0. The third-order valence-corrected chi connectivity index (χ3v) is 4.83. The molecule has 4 rings (SSSR count). The molecule has 5 nitrogen and oxygen atoms in total. The van der Waals surface area contributed by atoms with Gasteiger partial charge in [-0.15, -0.1) is 0 Å². The maximum atomic E-state index is 11.5. The largest absolute Gasteiger partial charge is 0.478 e. The third-order valence-electron chi connectivity index (χ3n) is 4.83. The molecule has 1 aromatic heterocycles. The molecule has 2 fully saturated rings. The van der Waals surface area contributed by atoms with E-state index in [2.05, 4.69) is 10.3 Å². The Bertz CT molecular complexity index is 583. The highest BCUT2D eigenvalue weighted by atomic mass is 16.5. The average Bonchev–Trinajstić information content (AvgIpc) is 3.03. The standard InChI is InChI=1S/C16H20N2O3/c19-16(20)11-8-10-2-1-3-12(10)17-15(11)18-13-6-7-21-14(13)9-4-5-9/h8-9,13-14H,1-7H2,(H,17,18)(H,19,20). The fourth-order valence-electron chi connectivity index (χ4n) is 3.58. The normalized spacial score (nSPS) is 27.6. The number of carboxylic acids is 1. The van der Waals surface area contributed by atoms with Crippen LogP contribution in [0.1, 0.15) is 47.3 Å². The second kappa shape index (κ2) is 4.98. The van der Waals surface area contributed by atoms with Gasteiger partial charge in [-0.2, -0.15) is 0 Å². The molecule has 2 unspecified atom stereocenters. The Morgan fingerprint density at radius 3 is 2.95 bits per heavy atom. The van der Waals surface area contributed by atoms with Gasteiger partial charge in [-0.3, -0.25) is 0 Å². The fraction of sp³-hybridized carbons (Fsp3) is 0.625. The minimum absolute atomic E-state index is 0.197. The lowest BCUT2D eigenvalue weighted by Crippen LogP contribution is -2.32. The number of ether oxygens (including phenoxy) is 1. The smallest absolute Gasteiger partial charge is 0.339 e. The van der Waals surface area contributed by atoms with Gasteiger partial charge in [-0.25, -0.2) is 9.78 Å². The van der Waals surface area contributed by atoms with E-state index in [1.807, 2.05) is 6.07 Å². The maximum absolute atomic E-state index is 11.5. The number of fused-ring (bicyclic) bond motifs is 1. The van der Waals surface area contributed by atoms with Crippen molar-refractivity contribution in [2.75, 3.05) is 11.9 Å². The molecule has 1 saturated carbocycles. The number of hydrogen-bond acceptors (Lipinski definition) is 4. The second-order valence-electron chi connectivity index (χ2n) is 6.36. The first-order valence-corrected chi connectivity index (χ1v) is 7.86. The van der Waals surface area contributed by atoms with Crippen LogP contribution in [0.4, 0.5) is 5.82 Å². The van der Waals surface area contributed by atoms with E-state index in [0.717, 1.165) is 43.5 Å². The molecular formula is C16H20N2O3. The van der Waals surface area contributed by atoms with Crippen LogP contribution in [-0.2, 0) is 17.6 Å². The van der Waals surface area contributed by atoms with Crippen molar-refractivity contribution in [1.29, 1.82) is 0 Å². The van der Waals surface area contributed by atoms with Crippen LogP contribution in [0.15, 0.2) is 6.07 Å². The van der Waals surface area contributed by atoms with Crippen molar-refractivity contribution < 1.29 is 14.6 Å². The monoisotopic (exact) mass is 288 g/mol. The molecular weight excluding hydrogens is 268 g/mol. The maximum Gasteiger partial charge on any atom is 0.339 e. The SMILES string of the molecule is O=C(O)c1cc2c(nc1NC1CCOC1C1CC1)CCC2. The minimum Gasteiger partial charge on any atom is -0.478 e. The Morgan fingerprint density at radius 1 is 1.33 bits per heavy atom. The summed E-state index contributed by atoms with van der Waals surface area (Å²) in [6.45, 7) is 0.756. The summed E-state index contributed by atoms with van der Waals surface area (Å²) in [5.41, 5.74) is 2.46. The molecule has 1 aromatic rings. The van der Waals surface area contributed by atoms with Crippen LogP contribution in [0.3, 0.4) is 0 Å². The Labute approximate surface area is 123 Å². The summed E-state index contributed by atoms with van der Waals surface area (Å²) in [7, 11) is 0. The number of nitrogens with zero attached hydrogens (tertiary/aromatic N) is 1. The van der Waals surface area contributed by atoms with Crippen molar-refractivity contribution in [3.8, 4) is 0 Å². The number of aromatic nitrogens is 1. The molecule has 2 heterocycles. The Morgan fingerprint density at radius 2 is 2.19 bits per heavy atom. The Hall–Kier alpha value is -1.62. The van der Waals surface area contributed by atoms with Crippen LogP contribution in [0.5, 0.6) is 0 Å². The van der Waals surface area contributed by atoms with Crippen molar-refractivity contribution in [1.82, 2.24) is 4.98 Å². The summed E-state index contributed by atoms with van der Waals surface area (Å²) in [6, 6.07) is 2.00. The number of carboxylic acid groups (broad SMARTS) is 1. The molecule has 0 radical (unpaired) electrons. The first-order chi connectivity index (χ1) is 10.2. The number of hydrogen-bond donors (Lipinski definition) is 2. The predicted octanol–water partition coefficient (Wildman–Crippen LogP) is 2.25. The summed E-state index contributed by atoms with van der Waals surface area (Å²) in [6.07, 6.45) is 6.58. The summed E-state index contributed by atoms with van der Waals surface area (Å²) in [4.78, 5) is 16.1. The van der Waals surface area contributed by atoms with Crippen molar-refractivity contribution >= 4 is 11.8 Å². The van der Waals surface area contributed by atoms with Crippen molar-refractivity contribution in [2.45, 2.75) is 50.7 Å². The van der Waals surface area contributed by atoms with Crippen LogP contribution in [-0.4, -0.2) is 34.8 Å². The number of nitrogens with one attached hydrogen (secondary N) is 1. The number of carbonyl (C=O) groups is 1. The highest BCUT2D eigenvalue weighted by Gasteiger charge is 2.41. The Balaban J connectivity index is 1.62. The van der Waals surface area contributed by atoms with E-state index in [9.17, 15) is 9.90 Å². The van der Waals surface area contributed by atoms with E-state index >= 15 is 0 Å². The van der Waals surface area contributed by atoms with Crippen molar-refractivity contribution in [3.63, 3.8) is 0 Å². The van der Waals surface area contributed by atoms with E-state index in [0.29, 0.717) is 17.3 Å². The molecule has 21 heavy (non-hydrogen) atoms. The lowest BCUT2D eigenvalue weighted by molar-refractivity contribution is 0.0696. The number of pyridine rings is 1. The summed E-state index contributed by atoms with van der Waals surface area (Å²) < 4.78 is 5.82. The summed E-state index contributed by atoms with van der Waals surface area (Å²) in [5.74, 6) is 0.276. The second-order valence-corrected chi connectivity index (χ2v) is 6.36. The van der Waals surface area contributed by atoms with Crippen LogP contribution in [0.25, 0.3) is 0 Å². The number of aryl methyl sites for hydroxylation is 2. The molecule has 0 aromatic carbocycles. The highest BCUT2D eigenvalue weighted by molar-refractivity contribution is 5.93. The molecule has 1 saturated heterocycles. The lowest BCUT2D eigenvalue weighted by atomic mass is 10.1. The van der Waals surface area contributed by atoms with Crippen LogP contribution in [0.2, 0.25) is 0 Å². The molecule has 2 atom stereocenters. The topological polar surface area (TPSA) is 71.5 Å². The van der Waals surface area contributed by atoms with Gasteiger partial charge >= 0.3 is 5.97 Å². The van der Waals surface area contributed by atoms with Gasteiger partial charge in [-0.1, -0.05) is 0 Å². The first-order valence-electron chi connectivity index (χ1n) is 7.86. The van der Waals surface area contributed by atoms with E-state index in [1.165, 1.54) is 12.8 Å². The van der Waals surface area contributed by atoms with E-state index in [-0.39, 0.29) is 12.1 Å². The molecule has 0 amide bonds. The average molecular weight is 288 g/mol. The van der Waals surface area contributed by atoms with Gasteiger partial charge in [0.05, 0.1) is 12.1 Å². The van der Waals surface area contributed by atoms with Crippen molar-refractivity contribution in [2.24, 2.45) is 5.92 Å². The van der Waals surface area contributed by atoms with Gasteiger partial charge < -0.3 is 15.2 Å². The quantitative estimate of drug-likeness (QED) is 0.889. The van der Waals surface area contributed by atoms with Gasteiger partial charge in [0, 0.05) is 12.3 Å². The zero-order valence-corrected chi connectivity index (χ0v) is 12.0. The van der Waals surface area contributed by atoms with Gasteiger partial charge in [-0.05, 0) is 56.1 Å². The van der Waals surface area contributed by atoms with Crippen LogP contribution in [0, 0.1) is 5.92 Å². The van der Waals surface area contributed by atoms with Gasteiger partial charge in [0.2, 0.25) is 0 Å². The lowest BCUT2D eigenvalue weighted by Gasteiger charge is -2.21. The predicted molar refractivity (Wildman–Crippen MR) is 77.7 cm³/mol. The minimum atomic E-state index is -0.901. The van der Waals surface area contributed by atoms with Crippen molar-refractivity contribution in [3.05, 3.63) is 22.9 Å². The molecule has 112 valence electrons. The highest BCUT2D eigenvalue weighted by Crippen LogP contribution is 2.40.